The first-order valence-electron chi connectivity index (χ1n) is 7.36. The van der Waals surface area contributed by atoms with Crippen molar-refractivity contribution >= 4 is 17.6 Å². The maximum atomic E-state index is 12.1. The molecule has 10 nitrogen and oxygen atoms in total. The SMILES string of the molecule is CCOc1cc([N+](=O)[O-])c(C(=O)OCC(=O)NCCOC)cc1OC. The zero-order valence-corrected chi connectivity index (χ0v) is 14.2. The lowest BCUT2D eigenvalue weighted by Gasteiger charge is -2.11. The first-order chi connectivity index (χ1) is 11.9. The van der Waals surface area contributed by atoms with Crippen LogP contribution in [0.15, 0.2) is 12.1 Å². The highest BCUT2D eigenvalue weighted by atomic mass is 16.6. The Bertz CT molecular complexity index is 632. The van der Waals surface area contributed by atoms with E-state index in [-0.39, 0.29) is 30.2 Å². The van der Waals surface area contributed by atoms with Crippen LogP contribution in [0, 0.1) is 10.1 Å². The van der Waals surface area contributed by atoms with Crippen LogP contribution in [0.3, 0.4) is 0 Å². The molecule has 1 amide bonds. The fourth-order valence-corrected chi connectivity index (χ4v) is 1.84. The van der Waals surface area contributed by atoms with Crippen molar-refractivity contribution in [2.75, 3.05) is 40.6 Å². The topological polar surface area (TPSA) is 126 Å². The minimum atomic E-state index is -1.02. The molecule has 1 N–H and O–H groups in total. The lowest BCUT2D eigenvalue weighted by Crippen LogP contribution is -2.31. The molecule has 0 bridgehead atoms. The van der Waals surface area contributed by atoms with Crippen LogP contribution in [0.2, 0.25) is 0 Å². The lowest BCUT2D eigenvalue weighted by atomic mass is 10.1. The molecule has 0 aliphatic heterocycles. The summed E-state index contributed by atoms with van der Waals surface area (Å²) in [5, 5.41) is 13.7. The van der Waals surface area contributed by atoms with Crippen LogP contribution in [0.5, 0.6) is 11.5 Å². The molecular formula is C15H20N2O8. The molecule has 1 aromatic carbocycles. The van der Waals surface area contributed by atoms with Crippen LogP contribution in [-0.4, -0.2) is 57.4 Å². The number of benzene rings is 1. The van der Waals surface area contributed by atoms with Gasteiger partial charge in [0, 0.05) is 19.7 Å². The van der Waals surface area contributed by atoms with Gasteiger partial charge >= 0.3 is 5.97 Å². The molecule has 0 aliphatic rings. The molecule has 0 radical (unpaired) electrons. The third-order valence-corrected chi connectivity index (χ3v) is 2.96. The third-order valence-electron chi connectivity index (χ3n) is 2.96. The molecule has 0 spiro atoms. The summed E-state index contributed by atoms with van der Waals surface area (Å²) in [6.45, 7) is 1.95. The minimum Gasteiger partial charge on any atom is -0.493 e. The molecule has 0 atom stereocenters. The van der Waals surface area contributed by atoms with E-state index in [1.807, 2.05) is 0 Å². The van der Waals surface area contributed by atoms with Crippen molar-refractivity contribution in [1.82, 2.24) is 5.32 Å². The predicted octanol–water partition coefficient (Wildman–Crippen LogP) is 0.921. The van der Waals surface area contributed by atoms with Gasteiger partial charge in [0.1, 0.15) is 5.56 Å². The second-order valence-corrected chi connectivity index (χ2v) is 4.63. The van der Waals surface area contributed by atoms with Gasteiger partial charge in [0.25, 0.3) is 11.6 Å². The number of hydrogen-bond donors (Lipinski definition) is 1. The molecule has 1 rings (SSSR count). The monoisotopic (exact) mass is 356 g/mol. The third kappa shape index (κ3) is 5.92. The Morgan fingerprint density at radius 1 is 1.24 bits per heavy atom. The van der Waals surface area contributed by atoms with Gasteiger partial charge in [0.05, 0.1) is 31.3 Å². The highest BCUT2D eigenvalue weighted by molar-refractivity contribution is 5.96. The zero-order valence-electron chi connectivity index (χ0n) is 14.2. The van der Waals surface area contributed by atoms with Gasteiger partial charge < -0.3 is 24.3 Å². The van der Waals surface area contributed by atoms with Gasteiger partial charge in [-0.25, -0.2) is 4.79 Å². The van der Waals surface area contributed by atoms with Crippen LogP contribution in [-0.2, 0) is 14.3 Å². The molecule has 0 saturated carbocycles. The number of carbonyl (C=O) groups excluding carboxylic acids is 2. The fourth-order valence-electron chi connectivity index (χ4n) is 1.84. The Kier molecular flexibility index (Phi) is 8.13. The number of carbonyl (C=O) groups is 2. The standard InChI is InChI=1S/C15H20N2O8/c1-4-24-13-8-11(17(20)21)10(7-12(13)23-3)15(19)25-9-14(18)16-5-6-22-2/h7-8H,4-6,9H2,1-3H3,(H,16,18). The van der Waals surface area contributed by atoms with E-state index in [9.17, 15) is 19.7 Å². The Labute approximate surface area is 144 Å². The predicted molar refractivity (Wildman–Crippen MR) is 86.0 cm³/mol. The molecule has 0 saturated heterocycles. The smallest absolute Gasteiger partial charge is 0.345 e. The van der Waals surface area contributed by atoms with Crippen molar-refractivity contribution in [3.05, 3.63) is 27.8 Å². The summed E-state index contributed by atoms with van der Waals surface area (Å²) >= 11 is 0. The van der Waals surface area contributed by atoms with Gasteiger partial charge in [0.15, 0.2) is 18.1 Å². The van der Waals surface area contributed by atoms with Crippen LogP contribution >= 0.6 is 0 Å². The summed E-state index contributed by atoms with van der Waals surface area (Å²) in [7, 11) is 2.81. The lowest BCUT2D eigenvalue weighted by molar-refractivity contribution is -0.385. The van der Waals surface area contributed by atoms with Crippen molar-refractivity contribution < 1.29 is 33.5 Å². The van der Waals surface area contributed by atoms with Gasteiger partial charge in [-0.1, -0.05) is 0 Å². The van der Waals surface area contributed by atoms with Gasteiger partial charge in [-0.3, -0.25) is 14.9 Å². The first kappa shape index (κ1) is 20.2. The number of amides is 1. The molecule has 25 heavy (non-hydrogen) atoms. The van der Waals surface area contributed by atoms with E-state index in [1.165, 1.54) is 14.2 Å². The minimum absolute atomic E-state index is 0.130. The Morgan fingerprint density at radius 3 is 2.52 bits per heavy atom. The number of nitro groups is 1. The van der Waals surface area contributed by atoms with E-state index >= 15 is 0 Å². The van der Waals surface area contributed by atoms with Crippen molar-refractivity contribution in [3.8, 4) is 11.5 Å². The fraction of sp³-hybridized carbons (Fsp3) is 0.467. The van der Waals surface area contributed by atoms with E-state index in [0.29, 0.717) is 6.61 Å². The van der Waals surface area contributed by atoms with Gasteiger partial charge in [-0.05, 0) is 6.92 Å². The number of ether oxygens (including phenoxy) is 4. The Hall–Kier alpha value is -2.88. The van der Waals surface area contributed by atoms with Crippen LogP contribution in [0.4, 0.5) is 5.69 Å². The number of rotatable bonds is 10. The van der Waals surface area contributed by atoms with Crippen molar-refractivity contribution in [3.63, 3.8) is 0 Å². The average molecular weight is 356 g/mol. The summed E-state index contributed by atoms with van der Waals surface area (Å²) in [5.74, 6) is -1.30. The van der Waals surface area contributed by atoms with Crippen molar-refractivity contribution in [2.24, 2.45) is 0 Å². The molecule has 10 heteroatoms. The van der Waals surface area contributed by atoms with Crippen molar-refractivity contribution in [1.29, 1.82) is 0 Å². The summed E-state index contributed by atoms with van der Waals surface area (Å²) in [6, 6.07) is 2.23. The highest BCUT2D eigenvalue weighted by Crippen LogP contribution is 2.35. The quantitative estimate of drug-likeness (QED) is 0.284. The highest BCUT2D eigenvalue weighted by Gasteiger charge is 2.26. The van der Waals surface area contributed by atoms with Crippen LogP contribution in [0.1, 0.15) is 17.3 Å². The molecule has 0 heterocycles. The Balaban J connectivity index is 2.92. The maximum Gasteiger partial charge on any atom is 0.345 e. The molecule has 0 unspecified atom stereocenters. The maximum absolute atomic E-state index is 12.1. The summed E-state index contributed by atoms with van der Waals surface area (Å²) in [5.41, 5.74) is -0.843. The molecule has 1 aromatic rings. The Morgan fingerprint density at radius 2 is 1.96 bits per heavy atom. The van der Waals surface area contributed by atoms with E-state index in [2.05, 4.69) is 5.32 Å². The second-order valence-electron chi connectivity index (χ2n) is 4.63. The molecule has 0 fully saturated rings. The van der Waals surface area contributed by atoms with Crippen LogP contribution in [0.25, 0.3) is 0 Å². The average Bonchev–Trinajstić information content (AvgIpc) is 2.59. The number of nitrogens with zero attached hydrogens (tertiary/aromatic N) is 1. The van der Waals surface area contributed by atoms with Crippen LogP contribution < -0.4 is 14.8 Å². The molecule has 0 aliphatic carbocycles. The van der Waals surface area contributed by atoms with E-state index in [1.54, 1.807) is 6.92 Å². The normalized spacial score (nSPS) is 10.0. The van der Waals surface area contributed by atoms with E-state index in [0.717, 1.165) is 12.1 Å². The number of methoxy groups -OCH3 is 2. The van der Waals surface area contributed by atoms with Gasteiger partial charge in [0.2, 0.25) is 0 Å². The largest absolute Gasteiger partial charge is 0.493 e. The number of nitrogens with one attached hydrogen (secondary N) is 1. The number of nitro benzene ring substituents is 1. The second kappa shape index (κ2) is 10.1. The molecule has 0 aromatic heterocycles. The van der Waals surface area contributed by atoms with Gasteiger partial charge in [-0.2, -0.15) is 0 Å². The number of esters is 1. The molecule has 138 valence electrons. The van der Waals surface area contributed by atoms with E-state index < -0.39 is 29.1 Å². The first-order valence-corrected chi connectivity index (χ1v) is 7.36. The summed E-state index contributed by atoms with van der Waals surface area (Å²) < 4.78 is 19.9. The zero-order chi connectivity index (χ0) is 18.8. The summed E-state index contributed by atoms with van der Waals surface area (Å²) in [6.07, 6.45) is 0. The molecular weight excluding hydrogens is 336 g/mol. The van der Waals surface area contributed by atoms with E-state index in [4.69, 9.17) is 18.9 Å². The summed E-state index contributed by atoms with van der Waals surface area (Å²) in [4.78, 5) is 34.1. The number of hydrogen-bond acceptors (Lipinski definition) is 8. The van der Waals surface area contributed by atoms with Gasteiger partial charge in [-0.15, -0.1) is 0 Å². The van der Waals surface area contributed by atoms with Crippen molar-refractivity contribution in [2.45, 2.75) is 6.92 Å².